The highest BCUT2D eigenvalue weighted by Crippen LogP contribution is 2.33. The summed E-state index contributed by atoms with van der Waals surface area (Å²) in [6.07, 6.45) is 5.44. The van der Waals surface area contributed by atoms with Gasteiger partial charge in [0.25, 0.3) is 0 Å². The Morgan fingerprint density at radius 2 is 1.55 bits per heavy atom. The first kappa shape index (κ1) is 9.05. The summed E-state index contributed by atoms with van der Waals surface area (Å²) in [7, 11) is 0. The summed E-state index contributed by atoms with van der Waals surface area (Å²) in [5, 5.41) is 0. The van der Waals surface area contributed by atoms with Gasteiger partial charge in [0.1, 0.15) is 0 Å². The zero-order valence-electron chi connectivity index (χ0n) is 8.06. The van der Waals surface area contributed by atoms with Crippen molar-refractivity contribution in [1.82, 2.24) is 0 Å². The van der Waals surface area contributed by atoms with Crippen molar-refractivity contribution in [2.24, 2.45) is 17.6 Å². The van der Waals surface area contributed by atoms with Gasteiger partial charge in [-0.2, -0.15) is 0 Å². The topological polar surface area (TPSA) is 26.0 Å². The third-order valence-electron chi connectivity index (χ3n) is 3.07. The third kappa shape index (κ3) is 2.48. The molecule has 66 valence electrons. The van der Waals surface area contributed by atoms with E-state index in [1.165, 1.54) is 25.7 Å². The standard InChI is InChI=1S/C10H21N/c1-8-4-6-9(7-5-8)10(2,3)11/h8-9H,4-7,11H2,1-3H3/t8-,9-. The number of rotatable bonds is 1. The van der Waals surface area contributed by atoms with E-state index in [0.717, 1.165) is 11.8 Å². The molecule has 1 saturated carbocycles. The predicted molar refractivity (Wildman–Crippen MR) is 49.4 cm³/mol. The fraction of sp³-hybridized carbons (Fsp3) is 1.00. The fourth-order valence-corrected chi connectivity index (χ4v) is 2.00. The Morgan fingerprint density at radius 1 is 1.09 bits per heavy atom. The summed E-state index contributed by atoms with van der Waals surface area (Å²) in [6.45, 7) is 6.67. The highest BCUT2D eigenvalue weighted by Gasteiger charge is 2.28. The largest absolute Gasteiger partial charge is 0.325 e. The molecule has 1 heteroatoms. The second-order valence-corrected chi connectivity index (χ2v) is 4.78. The average molecular weight is 155 g/mol. The van der Waals surface area contributed by atoms with Gasteiger partial charge >= 0.3 is 0 Å². The van der Waals surface area contributed by atoms with E-state index in [1.807, 2.05) is 0 Å². The fourth-order valence-electron chi connectivity index (χ4n) is 2.00. The second kappa shape index (κ2) is 3.14. The molecule has 11 heavy (non-hydrogen) atoms. The highest BCUT2D eigenvalue weighted by atomic mass is 14.7. The molecule has 0 bridgehead atoms. The van der Waals surface area contributed by atoms with E-state index in [9.17, 15) is 0 Å². The minimum Gasteiger partial charge on any atom is -0.325 e. The molecule has 1 rings (SSSR count). The van der Waals surface area contributed by atoms with Crippen molar-refractivity contribution >= 4 is 0 Å². The minimum absolute atomic E-state index is 0.0557. The molecule has 0 heterocycles. The monoisotopic (exact) mass is 155 g/mol. The SMILES string of the molecule is CC(C)(N)[C@H]1CC[C@H](C)CC1. The maximum atomic E-state index is 6.06. The molecule has 0 aromatic heterocycles. The molecule has 0 amide bonds. The van der Waals surface area contributed by atoms with Crippen LogP contribution in [-0.2, 0) is 0 Å². The molecular weight excluding hydrogens is 134 g/mol. The molecule has 2 N–H and O–H groups in total. The summed E-state index contributed by atoms with van der Waals surface area (Å²) < 4.78 is 0. The van der Waals surface area contributed by atoms with E-state index in [2.05, 4.69) is 20.8 Å². The van der Waals surface area contributed by atoms with E-state index in [1.54, 1.807) is 0 Å². The van der Waals surface area contributed by atoms with E-state index < -0.39 is 0 Å². The van der Waals surface area contributed by atoms with Crippen molar-refractivity contribution in [1.29, 1.82) is 0 Å². The second-order valence-electron chi connectivity index (χ2n) is 4.78. The van der Waals surface area contributed by atoms with Gasteiger partial charge in [-0.15, -0.1) is 0 Å². The summed E-state index contributed by atoms with van der Waals surface area (Å²) in [5.74, 6) is 1.70. The van der Waals surface area contributed by atoms with Crippen molar-refractivity contribution in [3.8, 4) is 0 Å². The molecule has 1 aliphatic carbocycles. The Bertz CT molecular complexity index is 115. The van der Waals surface area contributed by atoms with Crippen LogP contribution in [0.5, 0.6) is 0 Å². The van der Waals surface area contributed by atoms with Crippen LogP contribution in [-0.4, -0.2) is 5.54 Å². The molecule has 0 aromatic carbocycles. The van der Waals surface area contributed by atoms with Gasteiger partial charge in [0.05, 0.1) is 0 Å². The number of nitrogens with two attached hydrogens (primary N) is 1. The molecule has 0 saturated heterocycles. The van der Waals surface area contributed by atoms with Crippen LogP contribution >= 0.6 is 0 Å². The van der Waals surface area contributed by atoms with E-state index in [-0.39, 0.29) is 5.54 Å². The Labute approximate surface area is 70.4 Å². The van der Waals surface area contributed by atoms with Gasteiger partial charge in [0.15, 0.2) is 0 Å². The minimum atomic E-state index is 0.0557. The zero-order chi connectivity index (χ0) is 8.48. The van der Waals surface area contributed by atoms with Gasteiger partial charge in [-0.3, -0.25) is 0 Å². The van der Waals surface area contributed by atoms with E-state index in [4.69, 9.17) is 5.73 Å². The molecule has 0 unspecified atom stereocenters. The van der Waals surface area contributed by atoms with Crippen LogP contribution in [0.25, 0.3) is 0 Å². The summed E-state index contributed by atoms with van der Waals surface area (Å²) in [5.41, 5.74) is 6.11. The van der Waals surface area contributed by atoms with Crippen LogP contribution in [0.2, 0.25) is 0 Å². The van der Waals surface area contributed by atoms with Crippen molar-refractivity contribution in [2.75, 3.05) is 0 Å². The molecule has 0 spiro atoms. The van der Waals surface area contributed by atoms with Crippen molar-refractivity contribution in [2.45, 2.75) is 52.0 Å². The van der Waals surface area contributed by atoms with E-state index >= 15 is 0 Å². The van der Waals surface area contributed by atoms with Crippen molar-refractivity contribution in [3.63, 3.8) is 0 Å². The first-order valence-corrected chi connectivity index (χ1v) is 4.79. The molecule has 1 fully saturated rings. The van der Waals surface area contributed by atoms with Gasteiger partial charge < -0.3 is 5.73 Å². The summed E-state index contributed by atoms with van der Waals surface area (Å²) in [4.78, 5) is 0. The van der Waals surface area contributed by atoms with Crippen LogP contribution in [0.3, 0.4) is 0 Å². The van der Waals surface area contributed by atoms with Crippen LogP contribution in [0.4, 0.5) is 0 Å². The lowest BCUT2D eigenvalue weighted by Gasteiger charge is -2.35. The molecular formula is C10H21N. The third-order valence-corrected chi connectivity index (χ3v) is 3.07. The Morgan fingerprint density at radius 3 is 1.91 bits per heavy atom. The summed E-state index contributed by atoms with van der Waals surface area (Å²) >= 11 is 0. The lowest BCUT2D eigenvalue weighted by molar-refractivity contribution is 0.205. The molecule has 0 radical (unpaired) electrons. The maximum Gasteiger partial charge on any atom is 0.0125 e. The van der Waals surface area contributed by atoms with Crippen LogP contribution < -0.4 is 5.73 Å². The quantitative estimate of drug-likeness (QED) is 0.618. The highest BCUT2D eigenvalue weighted by molar-refractivity contribution is 4.85. The van der Waals surface area contributed by atoms with Gasteiger partial charge in [-0.1, -0.05) is 19.8 Å². The van der Waals surface area contributed by atoms with Gasteiger partial charge in [0.2, 0.25) is 0 Å². The number of hydrogen-bond donors (Lipinski definition) is 1. The van der Waals surface area contributed by atoms with Crippen LogP contribution in [0, 0.1) is 11.8 Å². The number of hydrogen-bond acceptors (Lipinski definition) is 1. The van der Waals surface area contributed by atoms with Crippen LogP contribution in [0.1, 0.15) is 46.5 Å². The molecule has 1 aliphatic rings. The molecule has 0 aromatic rings. The summed E-state index contributed by atoms with van der Waals surface area (Å²) in [6, 6.07) is 0. The molecule has 1 nitrogen and oxygen atoms in total. The Kier molecular flexibility index (Phi) is 2.58. The lowest BCUT2D eigenvalue weighted by Crippen LogP contribution is -2.42. The zero-order valence-corrected chi connectivity index (χ0v) is 8.06. The van der Waals surface area contributed by atoms with Crippen LogP contribution in [0.15, 0.2) is 0 Å². The van der Waals surface area contributed by atoms with Gasteiger partial charge in [-0.25, -0.2) is 0 Å². The maximum absolute atomic E-state index is 6.06. The van der Waals surface area contributed by atoms with Gasteiger partial charge in [-0.05, 0) is 38.5 Å². The first-order valence-electron chi connectivity index (χ1n) is 4.79. The van der Waals surface area contributed by atoms with E-state index in [0.29, 0.717) is 0 Å². The van der Waals surface area contributed by atoms with Crippen molar-refractivity contribution in [3.05, 3.63) is 0 Å². The van der Waals surface area contributed by atoms with Gasteiger partial charge in [0, 0.05) is 5.54 Å². The first-order chi connectivity index (χ1) is 5.00. The van der Waals surface area contributed by atoms with Crippen molar-refractivity contribution < 1.29 is 0 Å². The predicted octanol–water partition coefficient (Wildman–Crippen LogP) is 2.55. The normalized spacial score (nSPS) is 33.8. The molecule has 0 aliphatic heterocycles. The Hall–Kier alpha value is -0.0400. The molecule has 0 atom stereocenters. The smallest absolute Gasteiger partial charge is 0.0125 e. The average Bonchev–Trinajstić information content (AvgIpc) is 1.86. The lowest BCUT2D eigenvalue weighted by atomic mass is 9.74. The Balaban J connectivity index is 2.39.